The summed E-state index contributed by atoms with van der Waals surface area (Å²) in [6, 6.07) is 4.83. The molecule has 3 heterocycles. The lowest BCUT2D eigenvalue weighted by atomic mass is 9.93. The fraction of sp³-hybridized carbons (Fsp3) is 0.700. The Morgan fingerprint density at radius 2 is 1.96 bits per heavy atom. The van der Waals surface area contributed by atoms with Gasteiger partial charge in [0.05, 0.1) is 5.92 Å². The van der Waals surface area contributed by atoms with Gasteiger partial charge in [-0.15, -0.1) is 0 Å². The van der Waals surface area contributed by atoms with Crippen LogP contribution >= 0.6 is 0 Å². The Kier molecular flexibility index (Phi) is 7.41. The van der Waals surface area contributed by atoms with Gasteiger partial charge in [-0.2, -0.15) is 0 Å². The lowest BCUT2D eigenvalue weighted by Gasteiger charge is -2.42. The Hall–Kier alpha value is -1.50. The first-order chi connectivity index (χ1) is 12.8. The number of carbonyl (C=O) groups excluding carboxylic acids is 1. The molecule has 1 amide bonds. The summed E-state index contributed by atoms with van der Waals surface area (Å²) in [5.41, 5.74) is 6.84. The van der Waals surface area contributed by atoms with Crippen LogP contribution in [0, 0.1) is 5.92 Å². The van der Waals surface area contributed by atoms with E-state index in [9.17, 15) is 4.79 Å². The zero-order valence-corrected chi connectivity index (χ0v) is 15.8. The normalized spacial score (nSPS) is 23.0. The van der Waals surface area contributed by atoms with Crippen molar-refractivity contribution < 1.29 is 4.79 Å². The molecule has 1 atom stereocenters. The summed E-state index contributed by atoms with van der Waals surface area (Å²) in [4.78, 5) is 21.6. The van der Waals surface area contributed by atoms with Crippen molar-refractivity contribution in [2.24, 2.45) is 11.7 Å². The maximum atomic E-state index is 12.4. The van der Waals surface area contributed by atoms with Crippen LogP contribution < -0.4 is 11.1 Å². The van der Waals surface area contributed by atoms with E-state index in [-0.39, 0.29) is 11.8 Å². The van der Waals surface area contributed by atoms with Crippen LogP contribution in [0.15, 0.2) is 24.5 Å². The molecule has 3 rings (SSSR count). The molecule has 0 aromatic carbocycles. The molecular formula is C20H33N5O. The third-order valence-corrected chi connectivity index (χ3v) is 5.73. The molecule has 0 saturated carbocycles. The van der Waals surface area contributed by atoms with E-state index < -0.39 is 0 Å². The molecule has 6 heteroatoms. The second-order valence-electron chi connectivity index (χ2n) is 7.63. The summed E-state index contributed by atoms with van der Waals surface area (Å²) in [5.74, 6) is 0.370. The zero-order chi connectivity index (χ0) is 18.2. The number of rotatable bonds is 7. The van der Waals surface area contributed by atoms with E-state index in [2.05, 4.69) is 32.2 Å². The molecule has 1 aromatic heterocycles. The molecule has 0 spiro atoms. The van der Waals surface area contributed by atoms with E-state index in [1.807, 2.05) is 12.4 Å². The lowest BCUT2D eigenvalue weighted by Crippen LogP contribution is -2.50. The molecule has 144 valence electrons. The van der Waals surface area contributed by atoms with E-state index in [1.54, 1.807) is 0 Å². The molecule has 2 fully saturated rings. The van der Waals surface area contributed by atoms with E-state index in [1.165, 1.54) is 18.4 Å². The maximum Gasteiger partial charge on any atom is 0.224 e. The van der Waals surface area contributed by atoms with Gasteiger partial charge in [-0.3, -0.25) is 19.6 Å². The van der Waals surface area contributed by atoms with Gasteiger partial charge in [-0.05, 0) is 76.0 Å². The van der Waals surface area contributed by atoms with Crippen molar-refractivity contribution in [3.63, 3.8) is 0 Å². The fourth-order valence-corrected chi connectivity index (χ4v) is 4.20. The van der Waals surface area contributed by atoms with Gasteiger partial charge in [0.15, 0.2) is 0 Å². The second kappa shape index (κ2) is 10.00. The minimum absolute atomic E-state index is 0.149. The summed E-state index contributed by atoms with van der Waals surface area (Å²) in [7, 11) is 0. The van der Waals surface area contributed by atoms with Crippen molar-refractivity contribution in [1.29, 1.82) is 0 Å². The number of hydrogen-bond donors (Lipinski definition) is 2. The first kappa shape index (κ1) is 19.3. The van der Waals surface area contributed by atoms with Gasteiger partial charge in [0.25, 0.3) is 0 Å². The number of aromatic nitrogens is 1. The number of carbonyl (C=O) groups is 1. The van der Waals surface area contributed by atoms with Crippen LogP contribution in [-0.4, -0.2) is 66.0 Å². The van der Waals surface area contributed by atoms with Gasteiger partial charge in [0.1, 0.15) is 0 Å². The van der Waals surface area contributed by atoms with Crippen molar-refractivity contribution in [3.8, 4) is 0 Å². The van der Waals surface area contributed by atoms with Crippen molar-refractivity contribution in [2.45, 2.75) is 44.7 Å². The van der Waals surface area contributed by atoms with Crippen LogP contribution in [0.1, 0.15) is 37.7 Å². The fourth-order valence-electron chi connectivity index (χ4n) is 4.20. The highest BCUT2D eigenvalue weighted by Crippen LogP contribution is 2.24. The average molecular weight is 360 g/mol. The number of pyridine rings is 1. The maximum absolute atomic E-state index is 12.4. The Morgan fingerprint density at radius 1 is 1.19 bits per heavy atom. The minimum Gasteiger partial charge on any atom is -0.356 e. The van der Waals surface area contributed by atoms with Crippen LogP contribution in [-0.2, 0) is 11.3 Å². The molecule has 26 heavy (non-hydrogen) atoms. The highest BCUT2D eigenvalue weighted by atomic mass is 16.1. The SMILES string of the molecule is NCCCNC(=O)[C@H]1CCCN(C2CCN(Cc3ccncc3)CC2)C1. The molecule has 2 aliphatic rings. The van der Waals surface area contributed by atoms with Crippen LogP contribution in [0.25, 0.3) is 0 Å². The average Bonchev–Trinajstić information content (AvgIpc) is 2.69. The highest BCUT2D eigenvalue weighted by Gasteiger charge is 2.31. The topological polar surface area (TPSA) is 74.5 Å². The van der Waals surface area contributed by atoms with Crippen LogP contribution in [0.2, 0.25) is 0 Å². The first-order valence-corrected chi connectivity index (χ1v) is 10.1. The van der Waals surface area contributed by atoms with Gasteiger partial charge in [0.2, 0.25) is 5.91 Å². The van der Waals surface area contributed by atoms with Gasteiger partial charge in [-0.1, -0.05) is 0 Å². The van der Waals surface area contributed by atoms with Crippen molar-refractivity contribution in [1.82, 2.24) is 20.1 Å². The largest absolute Gasteiger partial charge is 0.356 e. The summed E-state index contributed by atoms with van der Waals surface area (Å²) < 4.78 is 0. The van der Waals surface area contributed by atoms with Crippen LogP contribution in [0.4, 0.5) is 0 Å². The number of likely N-dealkylation sites (tertiary alicyclic amines) is 2. The third-order valence-electron chi connectivity index (χ3n) is 5.73. The highest BCUT2D eigenvalue weighted by molar-refractivity contribution is 5.78. The minimum atomic E-state index is 0.149. The van der Waals surface area contributed by atoms with Crippen LogP contribution in [0.3, 0.4) is 0 Å². The molecule has 6 nitrogen and oxygen atoms in total. The summed E-state index contributed by atoms with van der Waals surface area (Å²) in [6.07, 6.45) is 9.15. The number of nitrogens with two attached hydrogens (primary N) is 1. The summed E-state index contributed by atoms with van der Waals surface area (Å²) in [5, 5.41) is 3.05. The van der Waals surface area contributed by atoms with Gasteiger partial charge >= 0.3 is 0 Å². The predicted octanol–water partition coefficient (Wildman–Crippen LogP) is 1.22. The van der Waals surface area contributed by atoms with E-state index in [0.29, 0.717) is 19.1 Å². The second-order valence-corrected chi connectivity index (χ2v) is 7.63. The van der Waals surface area contributed by atoms with E-state index in [4.69, 9.17) is 5.73 Å². The molecule has 0 unspecified atom stereocenters. The van der Waals surface area contributed by atoms with Crippen molar-refractivity contribution >= 4 is 5.91 Å². The molecule has 0 aliphatic carbocycles. The van der Waals surface area contributed by atoms with Gasteiger partial charge < -0.3 is 11.1 Å². The van der Waals surface area contributed by atoms with Crippen LogP contribution in [0.5, 0.6) is 0 Å². The Balaban J connectivity index is 1.43. The van der Waals surface area contributed by atoms with E-state index in [0.717, 1.165) is 52.0 Å². The number of piperidine rings is 2. The smallest absolute Gasteiger partial charge is 0.224 e. The molecule has 2 aliphatic heterocycles. The quantitative estimate of drug-likeness (QED) is 0.716. The molecule has 1 aromatic rings. The molecule has 2 saturated heterocycles. The standard InChI is InChI=1S/C20H33N5O/c21-8-2-9-23-20(26)18-3-1-12-25(16-18)19-6-13-24(14-7-19)15-17-4-10-22-11-5-17/h4-5,10-11,18-19H,1-3,6-9,12-16,21H2,(H,23,26)/t18-/m0/s1. The Bertz CT molecular complexity index is 544. The van der Waals surface area contributed by atoms with E-state index >= 15 is 0 Å². The monoisotopic (exact) mass is 359 g/mol. The molecule has 0 bridgehead atoms. The van der Waals surface area contributed by atoms with Gasteiger partial charge in [0, 0.05) is 38.1 Å². The number of hydrogen-bond acceptors (Lipinski definition) is 5. The lowest BCUT2D eigenvalue weighted by molar-refractivity contribution is -0.127. The summed E-state index contributed by atoms with van der Waals surface area (Å²) >= 11 is 0. The molecule has 3 N–H and O–H groups in total. The van der Waals surface area contributed by atoms with Crippen molar-refractivity contribution in [2.75, 3.05) is 39.3 Å². The number of amides is 1. The first-order valence-electron chi connectivity index (χ1n) is 10.1. The zero-order valence-electron chi connectivity index (χ0n) is 15.8. The third kappa shape index (κ3) is 5.50. The van der Waals surface area contributed by atoms with Gasteiger partial charge in [-0.25, -0.2) is 0 Å². The molecular weight excluding hydrogens is 326 g/mol. The molecule has 0 radical (unpaired) electrons. The summed E-state index contributed by atoms with van der Waals surface area (Å²) in [6.45, 7) is 6.69. The number of nitrogens with one attached hydrogen (secondary N) is 1. The Morgan fingerprint density at radius 3 is 2.69 bits per heavy atom. The number of nitrogens with zero attached hydrogens (tertiary/aromatic N) is 3. The predicted molar refractivity (Wildman–Crippen MR) is 104 cm³/mol. The Labute approximate surface area is 157 Å². The van der Waals surface area contributed by atoms with Crippen molar-refractivity contribution in [3.05, 3.63) is 30.1 Å².